The standard InChI is InChI=1S/C36H45NO7/c1-4-26-15-17-27(18-16-26)29-23-30(36(42)37(2)3)25-31(24-29)43-21-8-6-5-7-11-28-12-9-13-33(32(28)19-20-35(40)41)44-22-10-14-34(38)39/h9,12-13,15-18,23-25H,4-8,10-11,14,19-22H2,1-3H3,(H,38,39)(H,40,41). The zero-order valence-electron chi connectivity index (χ0n) is 26.1. The van der Waals surface area contributed by atoms with Gasteiger partial charge in [0.25, 0.3) is 5.91 Å². The van der Waals surface area contributed by atoms with Gasteiger partial charge in [-0.3, -0.25) is 14.4 Å². The van der Waals surface area contributed by atoms with Crippen LogP contribution in [0.5, 0.6) is 11.5 Å². The molecule has 44 heavy (non-hydrogen) atoms. The lowest BCUT2D eigenvalue weighted by Crippen LogP contribution is -2.21. The average molecular weight is 604 g/mol. The first-order valence-corrected chi connectivity index (χ1v) is 15.4. The van der Waals surface area contributed by atoms with Gasteiger partial charge in [-0.15, -0.1) is 0 Å². The molecule has 0 saturated carbocycles. The summed E-state index contributed by atoms with van der Waals surface area (Å²) in [5.74, 6) is -0.489. The molecule has 0 bridgehead atoms. The zero-order chi connectivity index (χ0) is 31.9. The zero-order valence-corrected chi connectivity index (χ0v) is 26.1. The van der Waals surface area contributed by atoms with Crippen LogP contribution in [-0.4, -0.2) is 60.3 Å². The SMILES string of the molecule is CCc1ccc(-c2cc(OCCCCCCc3cccc(OCCCC(=O)O)c3CCC(=O)O)cc(C(=O)N(C)C)c2)cc1. The number of unbranched alkanes of at least 4 members (excludes halogenated alkanes) is 3. The Labute approximate surface area is 260 Å². The lowest BCUT2D eigenvalue weighted by molar-refractivity contribution is -0.138. The highest BCUT2D eigenvalue weighted by Gasteiger charge is 2.14. The van der Waals surface area contributed by atoms with Crippen LogP contribution in [0.25, 0.3) is 11.1 Å². The summed E-state index contributed by atoms with van der Waals surface area (Å²) in [5.41, 5.74) is 5.80. The van der Waals surface area contributed by atoms with Crippen molar-refractivity contribution in [2.24, 2.45) is 0 Å². The van der Waals surface area contributed by atoms with E-state index in [1.165, 1.54) is 5.56 Å². The highest BCUT2D eigenvalue weighted by atomic mass is 16.5. The van der Waals surface area contributed by atoms with Gasteiger partial charge in [0.05, 0.1) is 13.2 Å². The minimum absolute atomic E-state index is 0.00689. The van der Waals surface area contributed by atoms with E-state index in [2.05, 4.69) is 31.2 Å². The largest absolute Gasteiger partial charge is 0.494 e. The minimum atomic E-state index is -0.866. The van der Waals surface area contributed by atoms with Crippen LogP contribution < -0.4 is 9.47 Å². The highest BCUT2D eigenvalue weighted by molar-refractivity contribution is 5.95. The van der Waals surface area contributed by atoms with Crippen molar-refractivity contribution >= 4 is 17.8 Å². The van der Waals surface area contributed by atoms with Crippen LogP contribution >= 0.6 is 0 Å². The van der Waals surface area contributed by atoms with E-state index in [-0.39, 0.29) is 25.4 Å². The number of carboxylic acid groups (broad SMARTS) is 2. The molecule has 0 aliphatic rings. The van der Waals surface area contributed by atoms with Gasteiger partial charge in [-0.1, -0.05) is 56.2 Å². The molecule has 0 atom stereocenters. The van der Waals surface area contributed by atoms with E-state index in [1.807, 2.05) is 36.4 Å². The first kappa shape index (κ1) is 34.2. The van der Waals surface area contributed by atoms with Gasteiger partial charge >= 0.3 is 11.9 Å². The van der Waals surface area contributed by atoms with Gasteiger partial charge in [-0.05, 0) is 90.6 Å². The number of rotatable bonds is 19. The fraction of sp³-hybridized carbons (Fsp3) is 0.417. The maximum Gasteiger partial charge on any atom is 0.303 e. The Morgan fingerprint density at radius 2 is 1.43 bits per heavy atom. The van der Waals surface area contributed by atoms with Crippen molar-refractivity contribution in [1.29, 1.82) is 0 Å². The summed E-state index contributed by atoms with van der Waals surface area (Å²) in [6.07, 6.45) is 6.33. The fourth-order valence-corrected chi connectivity index (χ4v) is 5.03. The second kappa shape index (κ2) is 17.7. The maximum atomic E-state index is 12.8. The maximum absolute atomic E-state index is 12.8. The van der Waals surface area contributed by atoms with Gasteiger partial charge in [0.15, 0.2) is 0 Å². The Balaban J connectivity index is 1.55. The second-order valence-corrected chi connectivity index (χ2v) is 11.1. The number of amides is 1. The number of ether oxygens (including phenoxy) is 2. The average Bonchev–Trinajstić information content (AvgIpc) is 3.01. The number of hydrogen-bond acceptors (Lipinski definition) is 5. The lowest BCUT2D eigenvalue weighted by Gasteiger charge is -2.16. The van der Waals surface area contributed by atoms with E-state index < -0.39 is 11.9 Å². The molecule has 0 spiro atoms. The summed E-state index contributed by atoms with van der Waals surface area (Å²) in [6, 6.07) is 19.8. The summed E-state index contributed by atoms with van der Waals surface area (Å²) in [7, 11) is 3.49. The number of nitrogens with zero attached hydrogens (tertiary/aromatic N) is 1. The number of aliphatic carboxylic acids is 2. The third-order valence-corrected chi connectivity index (χ3v) is 7.48. The highest BCUT2D eigenvalue weighted by Crippen LogP contribution is 2.28. The molecule has 0 saturated heterocycles. The third-order valence-electron chi connectivity index (χ3n) is 7.48. The van der Waals surface area contributed by atoms with Gasteiger partial charge in [-0.2, -0.15) is 0 Å². The van der Waals surface area contributed by atoms with Gasteiger partial charge in [0, 0.05) is 32.5 Å². The van der Waals surface area contributed by atoms with Crippen LogP contribution in [0.2, 0.25) is 0 Å². The molecule has 0 aliphatic heterocycles. The van der Waals surface area contributed by atoms with Crippen LogP contribution in [0.4, 0.5) is 0 Å². The summed E-state index contributed by atoms with van der Waals surface area (Å²) < 4.78 is 12.0. The third kappa shape index (κ3) is 11.1. The van der Waals surface area contributed by atoms with Crippen molar-refractivity contribution in [2.75, 3.05) is 27.3 Å². The lowest BCUT2D eigenvalue weighted by atomic mass is 9.97. The van der Waals surface area contributed by atoms with Crippen molar-refractivity contribution in [2.45, 2.75) is 71.1 Å². The van der Waals surface area contributed by atoms with Crippen molar-refractivity contribution in [3.05, 3.63) is 82.9 Å². The van der Waals surface area contributed by atoms with Crippen molar-refractivity contribution in [3.8, 4) is 22.6 Å². The van der Waals surface area contributed by atoms with Crippen LogP contribution in [0.15, 0.2) is 60.7 Å². The molecule has 8 nitrogen and oxygen atoms in total. The summed E-state index contributed by atoms with van der Waals surface area (Å²) >= 11 is 0. The normalized spacial score (nSPS) is 10.8. The van der Waals surface area contributed by atoms with Crippen LogP contribution in [0.3, 0.4) is 0 Å². The summed E-state index contributed by atoms with van der Waals surface area (Å²) in [5, 5.41) is 18.1. The molecule has 2 N–H and O–H groups in total. The molecule has 0 aromatic heterocycles. The van der Waals surface area contributed by atoms with Gasteiger partial charge in [-0.25, -0.2) is 0 Å². The second-order valence-electron chi connectivity index (χ2n) is 11.1. The van der Waals surface area contributed by atoms with Gasteiger partial charge < -0.3 is 24.6 Å². The number of aryl methyl sites for hydroxylation is 2. The molecule has 1 amide bonds. The first-order valence-electron chi connectivity index (χ1n) is 15.4. The van der Waals surface area contributed by atoms with Crippen LogP contribution in [0.1, 0.15) is 78.9 Å². The first-order chi connectivity index (χ1) is 21.2. The van der Waals surface area contributed by atoms with E-state index >= 15 is 0 Å². The molecule has 0 aliphatic carbocycles. The molecule has 0 radical (unpaired) electrons. The van der Waals surface area contributed by atoms with Gasteiger partial charge in [0.2, 0.25) is 0 Å². The van der Waals surface area contributed by atoms with E-state index in [1.54, 1.807) is 19.0 Å². The molecule has 3 aromatic carbocycles. The quantitative estimate of drug-likeness (QED) is 0.141. The Morgan fingerprint density at radius 3 is 2.11 bits per heavy atom. The van der Waals surface area contributed by atoms with E-state index in [0.717, 1.165) is 60.8 Å². The molecule has 0 fully saturated rings. The summed E-state index contributed by atoms with van der Waals surface area (Å²) in [6.45, 7) is 2.94. The molecule has 3 rings (SSSR count). The monoisotopic (exact) mass is 603 g/mol. The molecular weight excluding hydrogens is 558 g/mol. The van der Waals surface area contributed by atoms with Crippen molar-refractivity contribution < 1.29 is 34.1 Å². The topological polar surface area (TPSA) is 113 Å². The summed E-state index contributed by atoms with van der Waals surface area (Å²) in [4.78, 5) is 36.4. The number of hydrogen-bond donors (Lipinski definition) is 2. The molecular formula is C36H45NO7. The number of carbonyl (C=O) groups is 3. The van der Waals surface area contributed by atoms with Crippen LogP contribution in [-0.2, 0) is 28.9 Å². The van der Waals surface area contributed by atoms with Crippen LogP contribution in [0, 0.1) is 0 Å². The predicted molar refractivity (Wildman–Crippen MR) is 172 cm³/mol. The molecule has 0 unspecified atom stereocenters. The molecule has 8 heteroatoms. The van der Waals surface area contributed by atoms with E-state index in [4.69, 9.17) is 14.6 Å². The number of carboxylic acids is 2. The molecule has 236 valence electrons. The van der Waals surface area contributed by atoms with Crippen molar-refractivity contribution in [1.82, 2.24) is 4.90 Å². The van der Waals surface area contributed by atoms with Gasteiger partial charge in [0.1, 0.15) is 11.5 Å². The Morgan fingerprint density at radius 1 is 0.727 bits per heavy atom. The number of carbonyl (C=O) groups excluding carboxylic acids is 1. The van der Waals surface area contributed by atoms with Crippen molar-refractivity contribution in [3.63, 3.8) is 0 Å². The van der Waals surface area contributed by atoms with E-state index in [9.17, 15) is 19.5 Å². The fourth-order valence-electron chi connectivity index (χ4n) is 5.03. The predicted octanol–water partition coefficient (Wildman–Crippen LogP) is 7.06. The minimum Gasteiger partial charge on any atom is -0.494 e. The smallest absolute Gasteiger partial charge is 0.303 e. The molecule has 3 aromatic rings. The Bertz CT molecular complexity index is 1380. The Kier molecular flexibility index (Phi) is 13.7. The van der Waals surface area contributed by atoms with E-state index in [0.29, 0.717) is 36.5 Å². The number of benzene rings is 3. The molecule has 0 heterocycles. The Hall–Kier alpha value is -4.33.